The molecule has 2 aliphatic rings. The van der Waals surface area contributed by atoms with Crippen molar-refractivity contribution in [2.45, 2.75) is 38.3 Å². The zero-order valence-corrected chi connectivity index (χ0v) is 9.54. The number of aromatic amines is 1. The first kappa shape index (κ1) is 10.3. The summed E-state index contributed by atoms with van der Waals surface area (Å²) in [6.45, 7) is 2.75. The van der Waals surface area contributed by atoms with Crippen molar-refractivity contribution in [3.05, 3.63) is 17.7 Å². The molecule has 0 aromatic carbocycles. The van der Waals surface area contributed by atoms with Crippen LogP contribution in [0.3, 0.4) is 0 Å². The second-order valence-corrected chi connectivity index (χ2v) is 4.94. The van der Waals surface area contributed by atoms with Gasteiger partial charge in [-0.1, -0.05) is 0 Å². The van der Waals surface area contributed by atoms with Gasteiger partial charge in [-0.2, -0.15) is 0 Å². The summed E-state index contributed by atoms with van der Waals surface area (Å²) in [6.07, 6.45) is 6.83. The summed E-state index contributed by atoms with van der Waals surface area (Å²) < 4.78 is 5.37. The van der Waals surface area contributed by atoms with Gasteiger partial charge in [0.1, 0.15) is 5.82 Å². The van der Waals surface area contributed by atoms with E-state index in [1.54, 1.807) is 0 Å². The van der Waals surface area contributed by atoms with Crippen LogP contribution >= 0.6 is 0 Å². The number of nitrogens with one attached hydrogen (secondary N) is 2. The standard InChI is InChI=1S/C12H19N3O/c1-2-10(1)13-6-11-7-14-12(15-11)5-9-3-4-16-8-9/h7,9-10,13H,1-6,8H2,(H,14,15). The Morgan fingerprint density at radius 1 is 1.44 bits per heavy atom. The number of aromatic nitrogens is 2. The van der Waals surface area contributed by atoms with Crippen LogP contribution < -0.4 is 5.32 Å². The van der Waals surface area contributed by atoms with Gasteiger partial charge < -0.3 is 15.0 Å². The average Bonchev–Trinajstić information content (AvgIpc) is 2.78. The van der Waals surface area contributed by atoms with Crippen molar-refractivity contribution in [3.8, 4) is 0 Å². The quantitative estimate of drug-likeness (QED) is 0.786. The maximum atomic E-state index is 5.37. The van der Waals surface area contributed by atoms with E-state index < -0.39 is 0 Å². The minimum Gasteiger partial charge on any atom is -0.381 e. The van der Waals surface area contributed by atoms with Crippen LogP contribution in [-0.4, -0.2) is 29.2 Å². The molecule has 2 heterocycles. The topological polar surface area (TPSA) is 49.9 Å². The van der Waals surface area contributed by atoms with Crippen LogP contribution in [0.1, 0.15) is 30.8 Å². The van der Waals surface area contributed by atoms with Gasteiger partial charge in [0.25, 0.3) is 0 Å². The third-order valence-electron chi connectivity index (χ3n) is 3.35. The molecule has 3 rings (SSSR count). The minimum atomic E-state index is 0.662. The minimum absolute atomic E-state index is 0.662. The number of H-pyrrole nitrogens is 1. The lowest BCUT2D eigenvalue weighted by molar-refractivity contribution is 0.185. The highest BCUT2D eigenvalue weighted by atomic mass is 16.5. The molecule has 16 heavy (non-hydrogen) atoms. The fourth-order valence-electron chi connectivity index (χ4n) is 2.16. The normalized spacial score (nSPS) is 25.1. The van der Waals surface area contributed by atoms with Crippen molar-refractivity contribution in [2.24, 2.45) is 5.92 Å². The van der Waals surface area contributed by atoms with Gasteiger partial charge in [-0.3, -0.25) is 0 Å². The van der Waals surface area contributed by atoms with Crippen LogP contribution in [-0.2, 0) is 17.7 Å². The fraction of sp³-hybridized carbons (Fsp3) is 0.750. The van der Waals surface area contributed by atoms with Gasteiger partial charge in [-0.25, -0.2) is 4.98 Å². The van der Waals surface area contributed by atoms with E-state index in [4.69, 9.17) is 4.74 Å². The summed E-state index contributed by atoms with van der Waals surface area (Å²) in [7, 11) is 0. The van der Waals surface area contributed by atoms with Gasteiger partial charge in [0.15, 0.2) is 0 Å². The molecule has 2 fully saturated rings. The highest BCUT2D eigenvalue weighted by molar-refractivity contribution is 5.03. The zero-order valence-electron chi connectivity index (χ0n) is 9.54. The van der Waals surface area contributed by atoms with Gasteiger partial charge in [0, 0.05) is 44.1 Å². The summed E-state index contributed by atoms with van der Waals surface area (Å²) in [5.41, 5.74) is 1.21. The van der Waals surface area contributed by atoms with Crippen LogP contribution in [0.2, 0.25) is 0 Å². The van der Waals surface area contributed by atoms with Gasteiger partial charge in [0.2, 0.25) is 0 Å². The number of hydrogen-bond acceptors (Lipinski definition) is 3. The van der Waals surface area contributed by atoms with E-state index in [0.29, 0.717) is 5.92 Å². The van der Waals surface area contributed by atoms with E-state index in [-0.39, 0.29) is 0 Å². The van der Waals surface area contributed by atoms with E-state index in [2.05, 4.69) is 15.3 Å². The molecule has 1 aromatic rings. The molecule has 1 saturated heterocycles. The van der Waals surface area contributed by atoms with Gasteiger partial charge in [-0.15, -0.1) is 0 Å². The lowest BCUT2D eigenvalue weighted by Crippen LogP contribution is -2.15. The Hall–Kier alpha value is -0.870. The number of imidazole rings is 1. The molecule has 88 valence electrons. The van der Waals surface area contributed by atoms with Crippen molar-refractivity contribution < 1.29 is 4.74 Å². The second-order valence-electron chi connectivity index (χ2n) is 4.94. The third-order valence-corrected chi connectivity index (χ3v) is 3.35. The maximum Gasteiger partial charge on any atom is 0.106 e. The average molecular weight is 221 g/mol. The van der Waals surface area contributed by atoms with Crippen LogP contribution in [0.5, 0.6) is 0 Å². The largest absolute Gasteiger partial charge is 0.381 e. The Kier molecular flexibility index (Phi) is 2.93. The zero-order chi connectivity index (χ0) is 10.8. The molecular weight excluding hydrogens is 202 g/mol. The summed E-state index contributed by atoms with van der Waals surface area (Å²) in [6, 6.07) is 0.759. The number of ether oxygens (including phenoxy) is 1. The summed E-state index contributed by atoms with van der Waals surface area (Å²) in [5, 5.41) is 3.48. The van der Waals surface area contributed by atoms with Gasteiger partial charge in [-0.05, 0) is 25.2 Å². The fourth-order valence-corrected chi connectivity index (χ4v) is 2.16. The lowest BCUT2D eigenvalue weighted by atomic mass is 10.1. The molecule has 0 radical (unpaired) electrons. The molecule has 0 spiro atoms. The third kappa shape index (κ3) is 2.62. The molecule has 4 heteroatoms. The van der Waals surface area contributed by atoms with Crippen LogP contribution in [0.15, 0.2) is 6.20 Å². The van der Waals surface area contributed by atoms with E-state index in [1.807, 2.05) is 6.20 Å². The maximum absolute atomic E-state index is 5.37. The Bertz CT molecular complexity index is 340. The molecule has 1 aromatic heterocycles. The molecule has 1 saturated carbocycles. The Balaban J connectivity index is 1.50. The van der Waals surface area contributed by atoms with E-state index >= 15 is 0 Å². The number of hydrogen-bond donors (Lipinski definition) is 2. The summed E-state index contributed by atoms with van der Waals surface area (Å²) in [4.78, 5) is 7.82. The first-order chi connectivity index (χ1) is 7.90. The highest BCUT2D eigenvalue weighted by Gasteiger charge is 2.21. The SMILES string of the molecule is c1nc(CC2CCOC2)[nH]c1CNC1CC1. The monoisotopic (exact) mass is 221 g/mol. The summed E-state index contributed by atoms with van der Waals surface area (Å²) in [5.74, 6) is 1.78. The predicted molar refractivity (Wildman–Crippen MR) is 61.1 cm³/mol. The molecule has 1 unspecified atom stereocenters. The van der Waals surface area contributed by atoms with E-state index in [9.17, 15) is 0 Å². The van der Waals surface area contributed by atoms with Crippen molar-refractivity contribution in [3.63, 3.8) is 0 Å². The summed E-state index contributed by atoms with van der Waals surface area (Å²) >= 11 is 0. The molecule has 1 aliphatic carbocycles. The molecule has 1 atom stereocenters. The van der Waals surface area contributed by atoms with Crippen LogP contribution in [0.25, 0.3) is 0 Å². The molecule has 0 amide bonds. The Labute approximate surface area is 95.8 Å². The molecule has 0 bridgehead atoms. The van der Waals surface area contributed by atoms with Gasteiger partial charge in [0.05, 0.1) is 0 Å². The van der Waals surface area contributed by atoms with Crippen LogP contribution in [0, 0.1) is 5.92 Å². The molecule has 2 N–H and O–H groups in total. The second kappa shape index (κ2) is 4.55. The molecular formula is C12H19N3O. The predicted octanol–water partition coefficient (Wildman–Crippen LogP) is 1.24. The first-order valence-corrected chi connectivity index (χ1v) is 6.24. The lowest BCUT2D eigenvalue weighted by Gasteiger charge is -2.03. The number of rotatable bonds is 5. The van der Waals surface area contributed by atoms with Crippen molar-refractivity contribution in [1.29, 1.82) is 0 Å². The first-order valence-electron chi connectivity index (χ1n) is 6.24. The van der Waals surface area contributed by atoms with Gasteiger partial charge >= 0.3 is 0 Å². The molecule has 1 aliphatic heterocycles. The molecule has 4 nitrogen and oxygen atoms in total. The smallest absolute Gasteiger partial charge is 0.106 e. The number of nitrogens with zero attached hydrogens (tertiary/aromatic N) is 1. The van der Waals surface area contributed by atoms with Crippen molar-refractivity contribution >= 4 is 0 Å². The Morgan fingerprint density at radius 3 is 3.12 bits per heavy atom. The Morgan fingerprint density at radius 2 is 2.38 bits per heavy atom. The van der Waals surface area contributed by atoms with E-state index in [0.717, 1.165) is 38.0 Å². The van der Waals surface area contributed by atoms with Crippen molar-refractivity contribution in [1.82, 2.24) is 15.3 Å². The van der Waals surface area contributed by atoms with Crippen molar-refractivity contribution in [2.75, 3.05) is 13.2 Å². The highest BCUT2D eigenvalue weighted by Crippen LogP contribution is 2.19. The van der Waals surface area contributed by atoms with Crippen LogP contribution in [0.4, 0.5) is 0 Å². The van der Waals surface area contributed by atoms with E-state index in [1.165, 1.54) is 25.0 Å².